The fourth-order valence-corrected chi connectivity index (χ4v) is 18.3. The molecule has 0 amide bonds. The first-order valence-corrected chi connectivity index (χ1v) is 34.7. The second kappa shape index (κ2) is 25.7. The summed E-state index contributed by atoms with van der Waals surface area (Å²) in [5.74, 6) is 5.05. The number of aromatic nitrogens is 10. The molecule has 0 aliphatic heterocycles. The van der Waals surface area contributed by atoms with Crippen LogP contribution in [0.4, 0.5) is 0 Å². The van der Waals surface area contributed by atoms with Crippen molar-refractivity contribution in [1.82, 2.24) is 49.4 Å². The van der Waals surface area contributed by atoms with Gasteiger partial charge >= 0.3 is 0 Å². The van der Waals surface area contributed by atoms with Crippen molar-refractivity contribution in [3.05, 3.63) is 352 Å². The maximum absolute atomic E-state index is 5.49. The van der Waals surface area contributed by atoms with E-state index in [1.165, 1.54) is 20.7 Å². The Kier molecular flexibility index (Phi) is 15.4. The van der Waals surface area contributed by atoms with Crippen LogP contribution in [-0.4, -0.2) is 57.5 Å². The van der Waals surface area contributed by atoms with Gasteiger partial charge in [-0.15, -0.1) is 0 Å². The summed E-state index contributed by atoms with van der Waals surface area (Å²) in [5, 5.41) is 7.02. The largest absolute Gasteiger partial charge is 0.309 e. The third-order valence-corrected chi connectivity index (χ3v) is 22.9. The van der Waals surface area contributed by atoms with Gasteiger partial charge in [-0.3, -0.25) is 0 Å². The van der Waals surface area contributed by atoms with Crippen LogP contribution in [-0.2, 0) is 0 Å². The zero-order valence-corrected chi connectivity index (χ0v) is 54.0. The number of nitrogens with zero attached hydrogens (tertiary/aromatic N) is 10. The summed E-state index contributed by atoms with van der Waals surface area (Å²) < 4.78 is 2.34. The van der Waals surface area contributed by atoms with Crippen LogP contribution in [0.3, 0.4) is 0 Å². The lowest BCUT2D eigenvalue weighted by Crippen LogP contribution is -2.74. The van der Waals surface area contributed by atoms with Gasteiger partial charge in [-0.1, -0.05) is 303 Å². The van der Waals surface area contributed by atoms with Gasteiger partial charge in [0, 0.05) is 66.5 Å². The Hall–Kier alpha value is -13.1. The number of hydrogen-bond donors (Lipinski definition) is 0. The first-order valence-electron chi connectivity index (χ1n) is 32.7. The SMILES string of the molecule is c1ccc(-c2nc(-c3ccccc3)nc(-c3ccc4c(c3)c3cc(-c5nc(-c6ccccc6)nc(-c6ccccc6)n5)ccc3n4-c3ccc(-c4cccc([Si](c5ccccc5)(c5ccccc5)c5ccccc5)c4)c(-c4nc(-c5ccccc5)nc(-c5ccccc5)n4)c3)n2)cc1. The van der Waals surface area contributed by atoms with Gasteiger partial charge in [0.2, 0.25) is 0 Å². The van der Waals surface area contributed by atoms with E-state index >= 15 is 0 Å². The van der Waals surface area contributed by atoms with Crippen LogP contribution < -0.4 is 20.7 Å². The van der Waals surface area contributed by atoms with Crippen LogP contribution in [0.15, 0.2) is 352 Å². The van der Waals surface area contributed by atoms with Crippen LogP contribution in [0.2, 0.25) is 0 Å². The minimum Gasteiger partial charge on any atom is -0.309 e. The van der Waals surface area contributed by atoms with E-state index in [4.69, 9.17) is 44.9 Å². The molecule has 0 atom stereocenters. The van der Waals surface area contributed by atoms with Crippen LogP contribution >= 0.6 is 0 Å². The Morgan fingerprint density at radius 1 is 0.184 bits per heavy atom. The molecular formula is C87H58N10Si. The molecular weight excluding hydrogens is 1210 g/mol. The predicted molar refractivity (Wildman–Crippen MR) is 399 cm³/mol. The lowest BCUT2D eigenvalue weighted by atomic mass is 9.98. The molecule has 11 heteroatoms. The minimum atomic E-state index is -2.99. The van der Waals surface area contributed by atoms with Gasteiger partial charge < -0.3 is 4.57 Å². The average Bonchev–Trinajstić information content (AvgIpc) is 1.32. The Morgan fingerprint density at radius 2 is 0.459 bits per heavy atom. The monoisotopic (exact) mass is 1270 g/mol. The molecule has 0 bridgehead atoms. The fraction of sp³-hybridized carbons (Fsp3) is 0. The Bertz CT molecular complexity index is 5260. The smallest absolute Gasteiger partial charge is 0.179 e. The minimum absolute atomic E-state index is 0.527. The normalized spacial score (nSPS) is 11.5. The molecule has 4 aromatic heterocycles. The highest BCUT2D eigenvalue weighted by atomic mass is 28.3. The van der Waals surface area contributed by atoms with E-state index in [-0.39, 0.29) is 0 Å². The highest BCUT2D eigenvalue weighted by Gasteiger charge is 2.41. The van der Waals surface area contributed by atoms with Crippen molar-refractivity contribution in [3.8, 4) is 119 Å². The van der Waals surface area contributed by atoms with Crippen LogP contribution in [0.1, 0.15) is 0 Å². The summed E-state index contributed by atoms with van der Waals surface area (Å²) in [6.45, 7) is 0. The van der Waals surface area contributed by atoms with Gasteiger partial charge in [0.1, 0.15) is 0 Å². The molecule has 0 saturated carbocycles. The van der Waals surface area contributed by atoms with E-state index in [0.29, 0.717) is 52.4 Å². The van der Waals surface area contributed by atoms with Crippen LogP contribution in [0, 0.1) is 0 Å². The molecule has 0 spiro atoms. The Morgan fingerprint density at radius 3 is 0.786 bits per heavy atom. The van der Waals surface area contributed by atoms with Crippen molar-refractivity contribution in [2.24, 2.45) is 0 Å². The van der Waals surface area contributed by atoms with Crippen LogP contribution in [0.5, 0.6) is 0 Å². The molecule has 0 aliphatic carbocycles. The number of fused-ring (bicyclic) bond motifs is 3. The molecule has 0 saturated heterocycles. The van der Waals surface area contributed by atoms with E-state index in [1.54, 1.807) is 0 Å². The second-order valence-corrected chi connectivity index (χ2v) is 27.9. The predicted octanol–water partition coefficient (Wildman–Crippen LogP) is 17.4. The molecule has 17 rings (SSSR count). The molecule has 0 N–H and O–H groups in total. The lowest BCUT2D eigenvalue weighted by molar-refractivity contribution is 1.07. The summed E-state index contributed by atoms with van der Waals surface area (Å²) in [6, 6.07) is 123. The van der Waals surface area contributed by atoms with E-state index in [9.17, 15) is 0 Å². The van der Waals surface area contributed by atoms with Gasteiger partial charge in [0.15, 0.2) is 60.5 Å². The Balaban J connectivity index is 0.923. The summed E-state index contributed by atoms with van der Waals surface area (Å²) in [5.41, 5.74) is 12.5. The molecule has 0 aliphatic rings. The zero-order chi connectivity index (χ0) is 65.2. The van der Waals surface area contributed by atoms with E-state index < -0.39 is 8.07 Å². The molecule has 0 unspecified atom stereocenters. The summed E-state index contributed by atoms with van der Waals surface area (Å²) in [7, 11) is -2.99. The molecule has 10 nitrogen and oxygen atoms in total. The van der Waals surface area contributed by atoms with Gasteiger partial charge in [0.05, 0.1) is 11.0 Å². The number of hydrogen-bond acceptors (Lipinski definition) is 9. The zero-order valence-electron chi connectivity index (χ0n) is 53.0. The molecule has 98 heavy (non-hydrogen) atoms. The van der Waals surface area contributed by atoms with Crippen molar-refractivity contribution in [3.63, 3.8) is 0 Å². The van der Waals surface area contributed by atoms with Crippen molar-refractivity contribution in [2.75, 3.05) is 0 Å². The van der Waals surface area contributed by atoms with Crippen molar-refractivity contribution < 1.29 is 0 Å². The van der Waals surface area contributed by atoms with Crippen LogP contribution in [0.25, 0.3) is 141 Å². The van der Waals surface area contributed by atoms with Gasteiger partial charge in [-0.2, -0.15) is 0 Å². The number of rotatable bonds is 15. The molecule has 0 fully saturated rings. The molecule has 0 radical (unpaired) electrons. The summed E-state index contributed by atoms with van der Waals surface area (Å²) in [4.78, 5) is 47.3. The second-order valence-electron chi connectivity index (χ2n) is 24.1. The Labute approximate surface area is 567 Å². The molecule has 13 aromatic carbocycles. The van der Waals surface area contributed by atoms with Crippen molar-refractivity contribution in [1.29, 1.82) is 0 Å². The van der Waals surface area contributed by atoms with E-state index in [1.807, 2.05) is 158 Å². The maximum atomic E-state index is 5.49. The highest BCUT2D eigenvalue weighted by molar-refractivity contribution is 7.20. The molecule has 17 aromatic rings. The quantitative estimate of drug-likeness (QED) is 0.0730. The standard InChI is InChI=1S/C87H58N10Si/c1-10-29-59(30-11-1)79-88-80(60-31-12-2-13-32-60)92-85(91-79)66-49-53-77-74(56-66)75-57-67(86-93-81(61-33-14-3-15-34-61)89-82(94-86)62-35-16-4-17-36-62)50-54-78(75)97(77)68-51-52-73(76(58-68)87-95-83(63-37-18-5-19-38-63)90-84(96-87)64-39-20-6-21-40-64)65-41-28-48-72(55-65)98(69-42-22-7-23-43-69,70-44-24-8-25-45-70)71-46-26-9-27-47-71/h1-58H. The molecule has 460 valence electrons. The first-order chi connectivity index (χ1) is 48.6. The third-order valence-electron chi connectivity index (χ3n) is 18.1. The van der Waals surface area contributed by atoms with Gasteiger partial charge in [-0.25, -0.2) is 44.9 Å². The van der Waals surface area contributed by atoms with E-state index in [2.05, 4.69) is 199 Å². The van der Waals surface area contributed by atoms with E-state index in [0.717, 1.165) is 88.7 Å². The lowest BCUT2D eigenvalue weighted by Gasteiger charge is -2.34. The molecule has 4 heterocycles. The maximum Gasteiger partial charge on any atom is 0.179 e. The summed E-state index contributed by atoms with van der Waals surface area (Å²) >= 11 is 0. The fourth-order valence-electron chi connectivity index (χ4n) is 13.5. The number of benzene rings is 13. The average molecular weight is 1270 g/mol. The van der Waals surface area contributed by atoms with Gasteiger partial charge in [0.25, 0.3) is 0 Å². The topological polar surface area (TPSA) is 121 Å². The summed E-state index contributed by atoms with van der Waals surface area (Å²) in [6.07, 6.45) is 0. The first kappa shape index (κ1) is 58.7. The highest BCUT2D eigenvalue weighted by Crippen LogP contribution is 2.41. The third kappa shape index (κ3) is 11.1. The van der Waals surface area contributed by atoms with Crippen molar-refractivity contribution >= 4 is 50.6 Å². The van der Waals surface area contributed by atoms with Crippen molar-refractivity contribution in [2.45, 2.75) is 0 Å². The van der Waals surface area contributed by atoms with Gasteiger partial charge in [-0.05, 0) is 80.4 Å².